The second-order valence-corrected chi connectivity index (χ2v) is 6.50. The molecule has 3 rings (SSSR count). The fraction of sp³-hybridized carbons (Fsp3) is 0.238. The van der Waals surface area contributed by atoms with Crippen LogP contribution in [0.3, 0.4) is 0 Å². The van der Waals surface area contributed by atoms with E-state index in [-0.39, 0.29) is 18.3 Å². The highest BCUT2D eigenvalue weighted by Crippen LogP contribution is 2.22. The fourth-order valence-corrected chi connectivity index (χ4v) is 3.00. The highest BCUT2D eigenvalue weighted by atomic mass is 19.1. The van der Waals surface area contributed by atoms with Gasteiger partial charge in [-0.25, -0.2) is 9.18 Å². The summed E-state index contributed by atoms with van der Waals surface area (Å²) >= 11 is 0. The van der Waals surface area contributed by atoms with E-state index in [0.717, 1.165) is 11.4 Å². The molecule has 0 aliphatic rings. The number of carbonyl (C=O) groups excluding carboxylic acids is 2. The van der Waals surface area contributed by atoms with Crippen molar-refractivity contribution in [2.24, 2.45) is 0 Å². The molecule has 0 spiro atoms. The lowest BCUT2D eigenvalue weighted by Gasteiger charge is -2.15. The van der Waals surface area contributed by atoms with Crippen molar-refractivity contribution in [2.75, 3.05) is 13.7 Å². The first-order chi connectivity index (χ1) is 13.4. The van der Waals surface area contributed by atoms with Crippen molar-refractivity contribution in [1.29, 1.82) is 0 Å². The van der Waals surface area contributed by atoms with Gasteiger partial charge < -0.3 is 18.6 Å². The fourth-order valence-electron chi connectivity index (χ4n) is 3.00. The molecular formula is C21H21FN2O4. The number of likely N-dealkylation sites (N-methyl/N-ethyl adjacent to an activating group) is 1. The summed E-state index contributed by atoms with van der Waals surface area (Å²) in [5.74, 6) is -0.605. The number of ether oxygens (including phenoxy) is 1. The summed E-state index contributed by atoms with van der Waals surface area (Å²) in [6.45, 7) is 3.55. The molecule has 3 aromatic rings. The largest absolute Gasteiger partial charge is 0.467 e. The molecule has 0 saturated carbocycles. The van der Waals surface area contributed by atoms with Crippen molar-refractivity contribution >= 4 is 11.9 Å². The van der Waals surface area contributed by atoms with E-state index in [1.807, 2.05) is 11.5 Å². The predicted octanol–water partition coefficient (Wildman–Crippen LogP) is 3.64. The summed E-state index contributed by atoms with van der Waals surface area (Å²) in [7, 11) is 1.61. The second-order valence-electron chi connectivity index (χ2n) is 6.50. The molecule has 1 aromatic carbocycles. The number of esters is 1. The van der Waals surface area contributed by atoms with Crippen LogP contribution in [0.5, 0.6) is 0 Å². The zero-order valence-electron chi connectivity index (χ0n) is 15.9. The molecule has 1 amide bonds. The van der Waals surface area contributed by atoms with Gasteiger partial charge in [0.2, 0.25) is 0 Å². The SMILES string of the molecule is Cc1cc(C(=O)OCC(=O)N(C)Cc2ccco2)c(C)n1-c1ccc(F)cc1. The third-order valence-electron chi connectivity index (χ3n) is 4.46. The molecule has 0 radical (unpaired) electrons. The van der Waals surface area contributed by atoms with E-state index in [9.17, 15) is 14.0 Å². The quantitative estimate of drug-likeness (QED) is 0.609. The van der Waals surface area contributed by atoms with Crippen LogP contribution in [0.1, 0.15) is 27.5 Å². The number of carbonyl (C=O) groups is 2. The van der Waals surface area contributed by atoms with Crippen molar-refractivity contribution in [2.45, 2.75) is 20.4 Å². The molecule has 2 heterocycles. The summed E-state index contributed by atoms with van der Waals surface area (Å²) < 4.78 is 25.4. The molecule has 146 valence electrons. The van der Waals surface area contributed by atoms with Crippen molar-refractivity contribution in [3.63, 3.8) is 0 Å². The molecule has 0 aliphatic heterocycles. The third kappa shape index (κ3) is 4.14. The van der Waals surface area contributed by atoms with E-state index >= 15 is 0 Å². The maximum absolute atomic E-state index is 13.2. The Labute approximate surface area is 162 Å². The monoisotopic (exact) mass is 384 g/mol. The highest BCUT2D eigenvalue weighted by Gasteiger charge is 2.20. The Morgan fingerprint density at radius 1 is 1.18 bits per heavy atom. The van der Waals surface area contributed by atoms with Gasteiger partial charge in [0.1, 0.15) is 11.6 Å². The number of furan rings is 1. The van der Waals surface area contributed by atoms with Gasteiger partial charge in [0.15, 0.2) is 6.61 Å². The average molecular weight is 384 g/mol. The van der Waals surface area contributed by atoms with E-state index < -0.39 is 5.97 Å². The molecule has 0 bridgehead atoms. The van der Waals surface area contributed by atoms with E-state index in [2.05, 4.69) is 0 Å². The topological polar surface area (TPSA) is 64.7 Å². The van der Waals surface area contributed by atoms with Crippen molar-refractivity contribution in [3.8, 4) is 5.69 Å². The van der Waals surface area contributed by atoms with Gasteiger partial charge in [0, 0.05) is 24.1 Å². The van der Waals surface area contributed by atoms with Crippen LogP contribution in [0.25, 0.3) is 5.69 Å². The first-order valence-corrected chi connectivity index (χ1v) is 8.75. The lowest BCUT2D eigenvalue weighted by Crippen LogP contribution is -2.30. The Kier molecular flexibility index (Phi) is 5.63. The minimum absolute atomic E-state index is 0.294. The van der Waals surface area contributed by atoms with E-state index in [4.69, 9.17) is 9.15 Å². The van der Waals surface area contributed by atoms with Crippen LogP contribution in [0, 0.1) is 19.7 Å². The summed E-state index contributed by atoms with van der Waals surface area (Å²) in [6, 6.07) is 11.2. The van der Waals surface area contributed by atoms with Gasteiger partial charge in [0.25, 0.3) is 5.91 Å². The van der Waals surface area contributed by atoms with Gasteiger partial charge in [-0.1, -0.05) is 0 Å². The lowest BCUT2D eigenvalue weighted by molar-refractivity contribution is -0.133. The van der Waals surface area contributed by atoms with E-state index in [1.165, 1.54) is 23.3 Å². The van der Waals surface area contributed by atoms with Crippen molar-refractivity contribution in [1.82, 2.24) is 9.47 Å². The molecule has 0 N–H and O–H groups in total. The number of rotatable bonds is 6. The minimum Gasteiger partial charge on any atom is -0.467 e. The molecule has 2 aromatic heterocycles. The second kappa shape index (κ2) is 8.12. The number of aromatic nitrogens is 1. The predicted molar refractivity (Wildman–Crippen MR) is 101 cm³/mol. The highest BCUT2D eigenvalue weighted by molar-refractivity contribution is 5.93. The third-order valence-corrected chi connectivity index (χ3v) is 4.46. The Morgan fingerprint density at radius 3 is 2.54 bits per heavy atom. The van der Waals surface area contributed by atoms with Gasteiger partial charge in [-0.3, -0.25) is 4.79 Å². The zero-order chi connectivity index (χ0) is 20.3. The van der Waals surface area contributed by atoms with Gasteiger partial charge in [0.05, 0.1) is 18.4 Å². The molecule has 0 saturated heterocycles. The van der Waals surface area contributed by atoms with Crippen molar-refractivity contribution in [3.05, 3.63) is 77.3 Å². The van der Waals surface area contributed by atoms with Gasteiger partial charge in [-0.15, -0.1) is 0 Å². The maximum atomic E-state index is 13.2. The van der Waals surface area contributed by atoms with Crippen LogP contribution in [-0.2, 0) is 16.1 Å². The number of hydrogen-bond donors (Lipinski definition) is 0. The van der Waals surface area contributed by atoms with Crippen LogP contribution >= 0.6 is 0 Å². The Morgan fingerprint density at radius 2 is 1.89 bits per heavy atom. The Bertz CT molecular complexity index is 975. The standard InChI is InChI=1S/C21H21FN2O4/c1-14-11-19(15(2)24(14)17-8-6-16(22)7-9-17)21(26)28-13-20(25)23(3)12-18-5-4-10-27-18/h4-11H,12-13H2,1-3H3. The molecule has 6 nitrogen and oxygen atoms in total. The van der Waals surface area contributed by atoms with E-state index in [0.29, 0.717) is 23.6 Å². The lowest BCUT2D eigenvalue weighted by atomic mass is 10.2. The molecule has 0 aliphatic carbocycles. The Balaban J connectivity index is 1.67. The summed E-state index contributed by atoms with van der Waals surface area (Å²) in [4.78, 5) is 26.1. The first kappa shape index (κ1) is 19.4. The molecule has 28 heavy (non-hydrogen) atoms. The molecule has 0 fully saturated rings. The number of amides is 1. The first-order valence-electron chi connectivity index (χ1n) is 8.75. The van der Waals surface area contributed by atoms with Crippen LogP contribution in [0.2, 0.25) is 0 Å². The number of aryl methyl sites for hydroxylation is 1. The van der Waals surface area contributed by atoms with Crippen LogP contribution in [0.4, 0.5) is 4.39 Å². The minimum atomic E-state index is -0.582. The average Bonchev–Trinajstić information content (AvgIpc) is 3.28. The van der Waals surface area contributed by atoms with Gasteiger partial charge in [-0.05, 0) is 56.3 Å². The summed E-state index contributed by atoms with van der Waals surface area (Å²) in [5, 5.41) is 0. The zero-order valence-corrected chi connectivity index (χ0v) is 15.9. The smallest absolute Gasteiger partial charge is 0.340 e. The van der Waals surface area contributed by atoms with Crippen LogP contribution < -0.4 is 0 Å². The number of nitrogens with zero attached hydrogens (tertiary/aromatic N) is 2. The molecule has 0 unspecified atom stereocenters. The van der Waals surface area contributed by atoms with Crippen LogP contribution in [0.15, 0.2) is 53.1 Å². The normalized spacial score (nSPS) is 10.7. The Hall–Kier alpha value is -3.35. The maximum Gasteiger partial charge on any atom is 0.340 e. The summed E-state index contributed by atoms with van der Waals surface area (Å²) in [6.07, 6.45) is 1.53. The number of benzene rings is 1. The molecule has 0 atom stereocenters. The number of halogens is 1. The van der Waals surface area contributed by atoms with Gasteiger partial charge >= 0.3 is 5.97 Å². The van der Waals surface area contributed by atoms with Crippen molar-refractivity contribution < 1.29 is 23.1 Å². The van der Waals surface area contributed by atoms with E-state index in [1.54, 1.807) is 44.3 Å². The number of hydrogen-bond acceptors (Lipinski definition) is 4. The molecular weight excluding hydrogens is 363 g/mol. The van der Waals surface area contributed by atoms with Gasteiger partial charge in [-0.2, -0.15) is 0 Å². The van der Waals surface area contributed by atoms with Crippen LogP contribution in [-0.4, -0.2) is 35.0 Å². The summed E-state index contributed by atoms with van der Waals surface area (Å²) in [5.41, 5.74) is 2.57. The molecule has 7 heteroatoms.